The number of carbonyl (C=O) groups is 1. The van der Waals surface area contributed by atoms with Gasteiger partial charge >= 0.3 is 5.97 Å². The minimum Gasteiger partial charge on any atom is -0.476 e. The number of carboxylic acids is 1. The molecule has 2 rings (SSSR count). The van der Waals surface area contributed by atoms with Gasteiger partial charge in [-0.3, -0.25) is 0 Å². The highest BCUT2D eigenvalue weighted by Gasteiger charge is 2.22. The first kappa shape index (κ1) is 9.14. The van der Waals surface area contributed by atoms with Gasteiger partial charge in [-0.15, -0.1) is 5.10 Å². The zero-order chi connectivity index (χ0) is 10.1. The molecule has 76 valence electrons. The van der Waals surface area contributed by atoms with Gasteiger partial charge < -0.3 is 10.0 Å². The molecule has 0 bridgehead atoms. The summed E-state index contributed by atoms with van der Waals surface area (Å²) in [6.07, 6.45) is 2.49. The fourth-order valence-corrected chi connectivity index (χ4v) is 1.68. The number of carboxylic acid groups (broad SMARTS) is 1. The Kier molecular flexibility index (Phi) is 2.20. The summed E-state index contributed by atoms with van der Waals surface area (Å²) in [4.78, 5) is 12.8. The Morgan fingerprint density at radius 2 is 2.50 bits per heavy atom. The van der Waals surface area contributed by atoms with Gasteiger partial charge in [-0.25, -0.2) is 9.48 Å². The molecular formula is C8H12N4O2. The average molecular weight is 196 g/mol. The molecule has 1 saturated heterocycles. The minimum absolute atomic E-state index is 0.0135. The zero-order valence-corrected chi connectivity index (χ0v) is 7.92. The molecule has 0 amide bonds. The van der Waals surface area contributed by atoms with Crippen LogP contribution in [-0.2, 0) is 0 Å². The Hall–Kier alpha value is -1.43. The molecule has 1 aromatic heterocycles. The highest BCUT2D eigenvalue weighted by atomic mass is 16.4. The van der Waals surface area contributed by atoms with E-state index in [0.29, 0.717) is 0 Å². The molecule has 0 aliphatic carbocycles. The maximum absolute atomic E-state index is 10.6. The van der Waals surface area contributed by atoms with Crippen LogP contribution in [0, 0.1) is 0 Å². The monoisotopic (exact) mass is 196 g/mol. The van der Waals surface area contributed by atoms with Crippen molar-refractivity contribution in [1.29, 1.82) is 0 Å². The third-order valence-corrected chi connectivity index (χ3v) is 2.47. The number of aromatic nitrogens is 3. The molecule has 6 nitrogen and oxygen atoms in total. The highest BCUT2D eigenvalue weighted by molar-refractivity contribution is 5.84. The highest BCUT2D eigenvalue weighted by Crippen LogP contribution is 2.18. The number of rotatable bonds is 2. The Balaban J connectivity index is 2.13. The van der Waals surface area contributed by atoms with Crippen LogP contribution in [0.4, 0.5) is 0 Å². The zero-order valence-electron chi connectivity index (χ0n) is 7.92. The molecule has 1 aliphatic heterocycles. The molecule has 0 radical (unpaired) electrons. The maximum Gasteiger partial charge on any atom is 0.358 e. The number of likely N-dealkylation sites (tertiary alicyclic amines) is 1. The van der Waals surface area contributed by atoms with Crippen molar-refractivity contribution in [3.63, 3.8) is 0 Å². The van der Waals surface area contributed by atoms with Crippen LogP contribution in [0.15, 0.2) is 6.20 Å². The number of likely N-dealkylation sites (N-methyl/N-ethyl adjacent to an activating group) is 1. The molecule has 1 aliphatic rings. The van der Waals surface area contributed by atoms with E-state index < -0.39 is 5.97 Å². The van der Waals surface area contributed by atoms with E-state index in [-0.39, 0.29) is 11.7 Å². The first-order chi connectivity index (χ1) is 6.66. The molecule has 1 aromatic rings. The lowest BCUT2D eigenvalue weighted by atomic mass is 10.3. The lowest BCUT2D eigenvalue weighted by Crippen LogP contribution is -2.16. The summed E-state index contributed by atoms with van der Waals surface area (Å²) < 4.78 is 1.65. The van der Waals surface area contributed by atoms with Gasteiger partial charge in [-0.2, -0.15) is 0 Å². The fourth-order valence-electron chi connectivity index (χ4n) is 1.68. The van der Waals surface area contributed by atoms with E-state index in [1.54, 1.807) is 4.68 Å². The summed E-state index contributed by atoms with van der Waals surface area (Å²) in [5, 5.41) is 16.1. The van der Waals surface area contributed by atoms with Gasteiger partial charge in [-0.1, -0.05) is 5.21 Å². The number of aromatic carboxylic acids is 1. The molecule has 0 aromatic carbocycles. The van der Waals surface area contributed by atoms with Crippen molar-refractivity contribution in [2.45, 2.75) is 12.5 Å². The van der Waals surface area contributed by atoms with Gasteiger partial charge in [0, 0.05) is 6.54 Å². The topological polar surface area (TPSA) is 71.2 Å². The quantitative estimate of drug-likeness (QED) is 0.712. The third kappa shape index (κ3) is 1.60. The van der Waals surface area contributed by atoms with E-state index in [1.165, 1.54) is 6.20 Å². The van der Waals surface area contributed by atoms with Crippen molar-refractivity contribution in [3.05, 3.63) is 11.9 Å². The van der Waals surface area contributed by atoms with Crippen molar-refractivity contribution < 1.29 is 9.90 Å². The smallest absolute Gasteiger partial charge is 0.358 e. The molecule has 1 fully saturated rings. The molecule has 1 atom stereocenters. The number of nitrogens with zero attached hydrogens (tertiary/aromatic N) is 4. The van der Waals surface area contributed by atoms with Crippen molar-refractivity contribution in [3.8, 4) is 0 Å². The molecule has 1 N–H and O–H groups in total. The van der Waals surface area contributed by atoms with E-state index in [9.17, 15) is 4.79 Å². The van der Waals surface area contributed by atoms with E-state index >= 15 is 0 Å². The van der Waals surface area contributed by atoms with Gasteiger partial charge in [-0.05, 0) is 20.0 Å². The van der Waals surface area contributed by atoms with Crippen molar-refractivity contribution in [1.82, 2.24) is 19.9 Å². The van der Waals surface area contributed by atoms with Crippen molar-refractivity contribution >= 4 is 5.97 Å². The SMILES string of the molecule is CN1CC[C@@H](n2cc(C(=O)O)nn2)C1. The molecule has 0 spiro atoms. The summed E-state index contributed by atoms with van der Waals surface area (Å²) in [7, 11) is 2.04. The van der Waals surface area contributed by atoms with Gasteiger partial charge in [0.15, 0.2) is 5.69 Å². The van der Waals surface area contributed by atoms with Gasteiger partial charge in [0.05, 0.1) is 12.2 Å². The summed E-state index contributed by atoms with van der Waals surface area (Å²) in [6, 6.07) is 0.264. The van der Waals surface area contributed by atoms with Crippen LogP contribution in [0.5, 0.6) is 0 Å². The van der Waals surface area contributed by atoms with E-state index in [4.69, 9.17) is 5.11 Å². The summed E-state index contributed by atoms with van der Waals surface area (Å²) in [5.41, 5.74) is 0.0135. The Bertz CT molecular complexity index is 349. The molecule has 6 heteroatoms. The van der Waals surface area contributed by atoms with Crippen molar-refractivity contribution in [2.24, 2.45) is 0 Å². The van der Waals surface area contributed by atoms with E-state index in [2.05, 4.69) is 15.2 Å². The number of hydrogen-bond donors (Lipinski definition) is 1. The lowest BCUT2D eigenvalue weighted by molar-refractivity contribution is 0.0690. The van der Waals surface area contributed by atoms with Crippen LogP contribution in [-0.4, -0.2) is 51.1 Å². The average Bonchev–Trinajstić information content (AvgIpc) is 2.70. The second kappa shape index (κ2) is 3.38. The van der Waals surface area contributed by atoms with Gasteiger partial charge in [0.1, 0.15) is 0 Å². The van der Waals surface area contributed by atoms with Crippen molar-refractivity contribution in [2.75, 3.05) is 20.1 Å². The summed E-state index contributed by atoms with van der Waals surface area (Å²) in [6.45, 7) is 1.93. The van der Waals surface area contributed by atoms with Crippen LogP contribution in [0.1, 0.15) is 23.0 Å². The first-order valence-corrected chi connectivity index (χ1v) is 4.50. The Morgan fingerprint density at radius 1 is 1.71 bits per heavy atom. The standard InChI is InChI=1S/C8H12N4O2/c1-11-3-2-6(4-11)12-5-7(8(13)14)9-10-12/h5-6H,2-4H2,1H3,(H,13,14)/t6-/m1/s1. The Labute approximate surface area is 81.1 Å². The minimum atomic E-state index is -1.03. The molecular weight excluding hydrogens is 184 g/mol. The predicted molar refractivity (Wildman–Crippen MR) is 48.1 cm³/mol. The Morgan fingerprint density at radius 3 is 3.00 bits per heavy atom. The van der Waals surface area contributed by atoms with E-state index in [1.807, 2.05) is 7.05 Å². The van der Waals surface area contributed by atoms with Crippen LogP contribution >= 0.6 is 0 Å². The van der Waals surface area contributed by atoms with Crippen LogP contribution in [0.25, 0.3) is 0 Å². The molecule has 14 heavy (non-hydrogen) atoms. The van der Waals surface area contributed by atoms with E-state index in [0.717, 1.165) is 19.5 Å². The van der Waals surface area contributed by atoms with Crippen LogP contribution < -0.4 is 0 Å². The largest absolute Gasteiger partial charge is 0.476 e. The maximum atomic E-state index is 10.6. The van der Waals surface area contributed by atoms with Gasteiger partial charge in [0.25, 0.3) is 0 Å². The predicted octanol–water partition coefficient (Wildman–Crippen LogP) is -0.147. The first-order valence-electron chi connectivity index (χ1n) is 4.50. The number of hydrogen-bond acceptors (Lipinski definition) is 4. The molecule has 0 unspecified atom stereocenters. The normalized spacial score (nSPS) is 22.8. The molecule has 0 saturated carbocycles. The third-order valence-electron chi connectivity index (χ3n) is 2.47. The van der Waals surface area contributed by atoms with Crippen LogP contribution in [0.3, 0.4) is 0 Å². The second-order valence-corrected chi connectivity index (χ2v) is 3.59. The second-order valence-electron chi connectivity index (χ2n) is 3.59. The summed E-state index contributed by atoms with van der Waals surface area (Å²) in [5.74, 6) is -1.03. The molecule has 2 heterocycles. The fraction of sp³-hybridized carbons (Fsp3) is 0.625. The van der Waals surface area contributed by atoms with Crippen LogP contribution in [0.2, 0.25) is 0 Å². The lowest BCUT2D eigenvalue weighted by Gasteiger charge is -2.09. The summed E-state index contributed by atoms with van der Waals surface area (Å²) >= 11 is 0. The van der Waals surface area contributed by atoms with Gasteiger partial charge in [0.2, 0.25) is 0 Å².